The summed E-state index contributed by atoms with van der Waals surface area (Å²) in [5.74, 6) is 0. The molecule has 0 aliphatic carbocycles. The molecule has 0 saturated carbocycles. The molecular weight excluding hydrogens is 236 g/mol. The Labute approximate surface area is 112 Å². The van der Waals surface area contributed by atoms with E-state index in [4.69, 9.17) is 10.1 Å². The highest BCUT2D eigenvalue weighted by molar-refractivity contribution is 5.66. The van der Waals surface area contributed by atoms with E-state index in [0.717, 1.165) is 24.2 Å². The van der Waals surface area contributed by atoms with E-state index in [2.05, 4.69) is 29.7 Å². The van der Waals surface area contributed by atoms with Gasteiger partial charge in [-0.15, -0.1) is 0 Å². The second kappa shape index (κ2) is 5.23. The molecule has 1 aliphatic rings. The van der Waals surface area contributed by atoms with E-state index >= 15 is 0 Å². The van der Waals surface area contributed by atoms with Gasteiger partial charge in [-0.05, 0) is 41.3 Å². The van der Waals surface area contributed by atoms with Crippen molar-refractivity contribution in [3.8, 4) is 17.2 Å². The van der Waals surface area contributed by atoms with E-state index in [1.54, 1.807) is 0 Å². The van der Waals surface area contributed by atoms with Crippen molar-refractivity contribution >= 4 is 0 Å². The van der Waals surface area contributed by atoms with Crippen LogP contribution in [0.4, 0.5) is 0 Å². The molecule has 1 N–H and O–H groups in total. The van der Waals surface area contributed by atoms with E-state index in [1.807, 2.05) is 30.3 Å². The molecule has 1 atom stereocenters. The van der Waals surface area contributed by atoms with Gasteiger partial charge in [0.05, 0.1) is 24.3 Å². The van der Waals surface area contributed by atoms with E-state index in [-0.39, 0.29) is 6.04 Å². The zero-order valence-corrected chi connectivity index (χ0v) is 10.5. The Kier molecular flexibility index (Phi) is 3.28. The minimum Gasteiger partial charge on any atom is -0.301 e. The zero-order chi connectivity index (χ0) is 13.1. The maximum Gasteiger partial charge on any atom is 0.0991 e. The first kappa shape index (κ1) is 11.9. The molecule has 1 unspecified atom stereocenters. The van der Waals surface area contributed by atoms with Crippen LogP contribution in [0.15, 0.2) is 48.5 Å². The first-order valence-corrected chi connectivity index (χ1v) is 6.34. The van der Waals surface area contributed by atoms with Gasteiger partial charge in [0, 0.05) is 0 Å². The summed E-state index contributed by atoms with van der Waals surface area (Å²) in [6, 6.07) is 18.5. The van der Waals surface area contributed by atoms with Gasteiger partial charge in [0.2, 0.25) is 0 Å². The Morgan fingerprint density at radius 3 is 2.63 bits per heavy atom. The van der Waals surface area contributed by atoms with Crippen LogP contribution in [0.5, 0.6) is 0 Å². The first-order valence-electron chi connectivity index (χ1n) is 6.34. The second-order valence-corrected chi connectivity index (χ2v) is 4.63. The summed E-state index contributed by atoms with van der Waals surface area (Å²) in [7, 11) is 0. The van der Waals surface area contributed by atoms with Crippen LogP contribution in [0, 0.1) is 11.3 Å². The van der Waals surface area contributed by atoms with Crippen molar-refractivity contribution in [3.63, 3.8) is 0 Å². The van der Waals surface area contributed by atoms with Gasteiger partial charge >= 0.3 is 0 Å². The molecule has 1 fully saturated rings. The van der Waals surface area contributed by atoms with E-state index in [9.17, 15) is 0 Å². The van der Waals surface area contributed by atoms with Gasteiger partial charge in [-0.3, -0.25) is 0 Å². The van der Waals surface area contributed by atoms with Crippen LogP contribution in [-0.4, -0.2) is 6.61 Å². The van der Waals surface area contributed by atoms with Crippen molar-refractivity contribution < 1.29 is 4.84 Å². The molecule has 2 aromatic rings. The van der Waals surface area contributed by atoms with Crippen molar-refractivity contribution in [1.82, 2.24) is 5.48 Å². The van der Waals surface area contributed by atoms with Gasteiger partial charge in [0.15, 0.2) is 0 Å². The number of hydrogen-bond donors (Lipinski definition) is 1. The molecule has 0 bridgehead atoms. The highest BCUT2D eigenvalue weighted by atomic mass is 16.7. The molecule has 1 saturated heterocycles. The molecule has 2 aromatic carbocycles. The smallest absolute Gasteiger partial charge is 0.0991 e. The van der Waals surface area contributed by atoms with Crippen molar-refractivity contribution in [2.24, 2.45) is 0 Å². The Morgan fingerprint density at radius 1 is 1.11 bits per heavy atom. The van der Waals surface area contributed by atoms with Crippen LogP contribution >= 0.6 is 0 Å². The number of nitriles is 1. The quantitative estimate of drug-likeness (QED) is 0.890. The molecule has 94 valence electrons. The maximum atomic E-state index is 8.96. The Bertz CT molecular complexity index is 625. The lowest BCUT2D eigenvalue weighted by molar-refractivity contribution is 0.0883. The SMILES string of the molecule is N#Cc1cccc(-c2cccc(C3CCON3)c2)c1. The van der Waals surface area contributed by atoms with Gasteiger partial charge in [-0.25, -0.2) is 0 Å². The average molecular weight is 250 g/mol. The van der Waals surface area contributed by atoms with E-state index in [1.165, 1.54) is 5.56 Å². The minimum atomic E-state index is 0.263. The summed E-state index contributed by atoms with van der Waals surface area (Å²) in [5, 5.41) is 8.96. The van der Waals surface area contributed by atoms with Crippen molar-refractivity contribution in [3.05, 3.63) is 59.7 Å². The third-order valence-corrected chi connectivity index (χ3v) is 3.35. The third kappa shape index (κ3) is 2.50. The number of nitrogens with zero attached hydrogens (tertiary/aromatic N) is 1. The van der Waals surface area contributed by atoms with E-state index in [0.29, 0.717) is 5.56 Å². The normalized spacial score (nSPS) is 18.2. The van der Waals surface area contributed by atoms with Crippen LogP contribution in [0.25, 0.3) is 11.1 Å². The highest BCUT2D eigenvalue weighted by Crippen LogP contribution is 2.27. The molecule has 0 radical (unpaired) electrons. The molecule has 19 heavy (non-hydrogen) atoms. The van der Waals surface area contributed by atoms with Gasteiger partial charge in [-0.2, -0.15) is 10.7 Å². The van der Waals surface area contributed by atoms with Crippen LogP contribution in [0.1, 0.15) is 23.6 Å². The summed E-state index contributed by atoms with van der Waals surface area (Å²) < 4.78 is 0. The molecule has 0 spiro atoms. The summed E-state index contributed by atoms with van der Waals surface area (Å²) in [4.78, 5) is 5.20. The number of nitrogens with one attached hydrogen (secondary N) is 1. The fourth-order valence-corrected chi connectivity index (χ4v) is 2.33. The summed E-state index contributed by atoms with van der Waals surface area (Å²) >= 11 is 0. The van der Waals surface area contributed by atoms with Gasteiger partial charge in [0.1, 0.15) is 0 Å². The first-order chi connectivity index (χ1) is 9.36. The summed E-state index contributed by atoms with van der Waals surface area (Å²) in [6.45, 7) is 0.749. The number of hydrogen-bond acceptors (Lipinski definition) is 3. The van der Waals surface area contributed by atoms with Crippen LogP contribution in [0.3, 0.4) is 0 Å². The third-order valence-electron chi connectivity index (χ3n) is 3.35. The number of benzene rings is 2. The fraction of sp³-hybridized carbons (Fsp3) is 0.188. The van der Waals surface area contributed by atoms with Crippen LogP contribution in [0.2, 0.25) is 0 Å². The molecular formula is C16H14N2O. The van der Waals surface area contributed by atoms with Crippen LogP contribution < -0.4 is 5.48 Å². The molecule has 0 aromatic heterocycles. The topological polar surface area (TPSA) is 45.0 Å². The number of rotatable bonds is 2. The lowest BCUT2D eigenvalue weighted by Crippen LogP contribution is -2.11. The second-order valence-electron chi connectivity index (χ2n) is 4.63. The number of hydroxylamine groups is 1. The molecule has 3 rings (SSSR count). The molecule has 1 aliphatic heterocycles. The Hall–Kier alpha value is -2.15. The maximum absolute atomic E-state index is 8.96. The molecule has 0 amide bonds. The molecule has 3 heteroatoms. The minimum absolute atomic E-state index is 0.263. The predicted molar refractivity (Wildman–Crippen MR) is 73.0 cm³/mol. The Morgan fingerprint density at radius 2 is 1.89 bits per heavy atom. The summed E-state index contributed by atoms with van der Waals surface area (Å²) in [5.41, 5.74) is 7.12. The standard InChI is InChI=1S/C16H14N2O/c17-11-12-3-1-4-13(9-12)14-5-2-6-15(10-14)16-7-8-19-18-16/h1-6,9-10,16,18H,7-8H2. The summed E-state index contributed by atoms with van der Waals surface area (Å²) in [6.07, 6.45) is 0.988. The largest absolute Gasteiger partial charge is 0.301 e. The highest BCUT2D eigenvalue weighted by Gasteiger charge is 2.17. The fourth-order valence-electron chi connectivity index (χ4n) is 2.33. The molecule has 1 heterocycles. The predicted octanol–water partition coefficient (Wildman–Crippen LogP) is 3.19. The van der Waals surface area contributed by atoms with Crippen molar-refractivity contribution in [2.45, 2.75) is 12.5 Å². The van der Waals surface area contributed by atoms with Crippen molar-refractivity contribution in [2.75, 3.05) is 6.61 Å². The van der Waals surface area contributed by atoms with Crippen LogP contribution in [-0.2, 0) is 4.84 Å². The zero-order valence-electron chi connectivity index (χ0n) is 10.5. The molecule has 3 nitrogen and oxygen atoms in total. The van der Waals surface area contributed by atoms with Crippen molar-refractivity contribution in [1.29, 1.82) is 5.26 Å². The van der Waals surface area contributed by atoms with E-state index < -0.39 is 0 Å². The Balaban J connectivity index is 1.96. The van der Waals surface area contributed by atoms with Gasteiger partial charge in [0.25, 0.3) is 0 Å². The van der Waals surface area contributed by atoms with Gasteiger partial charge in [-0.1, -0.05) is 30.3 Å². The lowest BCUT2D eigenvalue weighted by atomic mass is 9.98. The average Bonchev–Trinajstić information content (AvgIpc) is 3.02. The lowest BCUT2D eigenvalue weighted by Gasteiger charge is -2.11. The monoisotopic (exact) mass is 250 g/mol. The van der Waals surface area contributed by atoms with Gasteiger partial charge < -0.3 is 4.84 Å².